The van der Waals surface area contributed by atoms with Crippen LogP contribution < -0.4 is 0 Å². The van der Waals surface area contributed by atoms with Crippen molar-refractivity contribution in [2.24, 2.45) is 0 Å². The first-order valence-electron chi connectivity index (χ1n) is 5.22. The van der Waals surface area contributed by atoms with Crippen molar-refractivity contribution < 1.29 is 9.50 Å². The molecule has 0 amide bonds. The highest BCUT2D eigenvalue weighted by molar-refractivity contribution is 5.25. The van der Waals surface area contributed by atoms with Crippen LogP contribution in [0.1, 0.15) is 26.7 Å². The summed E-state index contributed by atoms with van der Waals surface area (Å²) in [6.07, 6.45) is 0.605. The third-order valence-electron chi connectivity index (χ3n) is 3.62. The first-order valence-corrected chi connectivity index (χ1v) is 5.22. The van der Waals surface area contributed by atoms with Gasteiger partial charge in [-0.2, -0.15) is 0 Å². The lowest BCUT2D eigenvalue weighted by Gasteiger charge is -2.28. The Labute approximate surface area is 84.4 Å². The Bertz CT molecular complexity index is 272. The van der Waals surface area contributed by atoms with Crippen molar-refractivity contribution in [1.82, 2.24) is 4.90 Å². The Morgan fingerprint density at radius 1 is 1.64 bits per heavy atom. The van der Waals surface area contributed by atoms with E-state index in [1.807, 2.05) is 0 Å². The number of aliphatic hydroxyl groups excluding tert-OH is 1. The largest absolute Gasteiger partial charge is 0.394 e. The van der Waals surface area contributed by atoms with Crippen molar-refractivity contribution >= 4 is 0 Å². The van der Waals surface area contributed by atoms with Crippen LogP contribution in [0, 0.1) is 0 Å². The van der Waals surface area contributed by atoms with Gasteiger partial charge in [-0.1, -0.05) is 11.1 Å². The van der Waals surface area contributed by atoms with E-state index < -0.39 is 6.17 Å². The standard InChI is InChI=1S/C11H18FNO/c1-8(2)9-3-11(7-14)4-10(12)6-13(11)5-9/h10,14H,3-7H2,1-2H3. The molecule has 2 heterocycles. The Morgan fingerprint density at radius 3 is 2.86 bits per heavy atom. The molecule has 0 spiro atoms. The van der Waals surface area contributed by atoms with Crippen LogP contribution >= 0.6 is 0 Å². The van der Waals surface area contributed by atoms with E-state index in [4.69, 9.17) is 0 Å². The average Bonchev–Trinajstić information content (AvgIpc) is 2.57. The first kappa shape index (κ1) is 10.1. The Kier molecular flexibility index (Phi) is 2.40. The second-order valence-corrected chi connectivity index (χ2v) is 4.84. The van der Waals surface area contributed by atoms with Crippen LogP contribution in [0.3, 0.4) is 0 Å². The van der Waals surface area contributed by atoms with Crippen LogP contribution in [0.15, 0.2) is 11.1 Å². The van der Waals surface area contributed by atoms with Gasteiger partial charge in [0.2, 0.25) is 0 Å². The van der Waals surface area contributed by atoms with Gasteiger partial charge in [0.25, 0.3) is 0 Å². The average molecular weight is 199 g/mol. The van der Waals surface area contributed by atoms with Gasteiger partial charge in [0.05, 0.1) is 12.1 Å². The molecule has 80 valence electrons. The molecule has 2 aliphatic heterocycles. The topological polar surface area (TPSA) is 23.5 Å². The Hall–Kier alpha value is -0.410. The smallest absolute Gasteiger partial charge is 0.115 e. The van der Waals surface area contributed by atoms with E-state index in [2.05, 4.69) is 18.7 Å². The zero-order chi connectivity index (χ0) is 10.3. The number of hydrogen-bond donors (Lipinski definition) is 1. The number of halogens is 1. The van der Waals surface area contributed by atoms with Crippen molar-refractivity contribution in [3.8, 4) is 0 Å². The predicted octanol–water partition coefficient (Wildman–Crippen LogP) is 1.50. The molecule has 0 aromatic heterocycles. The minimum atomic E-state index is -0.749. The lowest BCUT2D eigenvalue weighted by Crippen LogP contribution is -2.41. The van der Waals surface area contributed by atoms with Gasteiger partial charge in [0.1, 0.15) is 6.17 Å². The Morgan fingerprint density at radius 2 is 2.36 bits per heavy atom. The minimum Gasteiger partial charge on any atom is -0.394 e. The quantitative estimate of drug-likeness (QED) is 0.647. The van der Waals surface area contributed by atoms with Crippen LogP contribution in [-0.2, 0) is 0 Å². The molecule has 2 atom stereocenters. The van der Waals surface area contributed by atoms with Crippen LogP contribution in [0.25, 0.3) is 0 Å². The van der Waals surface area contributed by atoms with Gasteiger partial charge < -0.3 is 5.11 Å². The van der Waals surface area contributed by atoms with Crippen LogP contribution in [-0.4, -0.2) is 41.4 Å². The van der Waals surface area contributed by atoms with Crippen molar-refractivity contribution in [3.63, 3.8) is 0 Å². The third kappa shape index (κ3) is 1.39. The van der Waals surface area contributed by atoms with Crippen LogP contribution in [0.2, 0.25) is 0 Å². The lowest BCUT2D eigenvalue weighted by molar-refractivity contribution is 0.0997. The highest BCUT2D eigenvalue weighted by atomic mass is 19.1. The van der Waals surface area contributed by atoms with E-state index in [1.165, 1.54) is 11.1 Å². The van der Waals surface area contributed by atoms with E-state index in [0.717, 1.165) is 13.0 Å². The zero-order valence-corrected chi connectivity index (χ0v) is 8.89. The molecule has 2 fully saturated rings. The summed E-state index contributed by atoms with van der Waals surface area (Å²) in [5.41, 5.74) is 2.43. The van der Waals surface area contributed by atoms with E-state index in [0.29, 0.717) is 13.0 Å². The summed E-state index contributed by atoms with van der Waals surface area (Å²) < 4.78 is 13.2. The molecule has 2 saturated heterocycles. The zero-order valence-electron chi connectivity index (χ0n) is 8.89. The molecule has 3 heteroatoms. The van der Waals surface area contributed by atoms with Gasteiger partial charge in [-0.05, 0) is 20.3 Å². The predicted molar refractivity (Wildman–Crippen MR) is 53.9 cm³/mol. The van der Waals surface area contributed by atoms with E-state index in [-0.39, 0.29) is 12.1 Å². The molecule has 0 bridgehead atoms. The maximum absolute atomic E-state index is 13.2. The molecule has 0 aliphatic carbocycles. The molecule has 0 aromatic carbocycles. The normalized spacial score (nSPS) is 37.7. The maximum Gasteiger partial charge on any atom is 0.115 e. The molecular formula is C11H18FNO. The minimum absolute atomic E-state index is 0.0875. The molecule has 0 radical (unpaired) electrons. The highest BCUT2D eigenvalue weighted by Crippen LogP contribution is 2.42. The summed E-state index contributed by atoms with van der Waals surface area (Å²) in [5.74, 6) is 0. The second kappa shape index (κ2) is 3.31. The van der Waals surface area contributed by atoms with Gasteiger partial charge >= 0.3 is 0 Å². The van der Waals surface area contributed by atoms with Crippen LogP contribution in [0.5, 0.6) is 0 Å². The van der Waals surface area contributed by atoms with Gasteiger partial charge in [0.15, 0.2) is 0 Å². The first-order chi connectivity index (χ1) is 6.57. The fourth-order valence-electron chi connectivity index (χ4n) is 2.69. The molecule has 14 heavy (non-hydrogen) atoms. The third-order valence-corrected chi connectivity index (χ3v) is 3.62. The molecule has 0 saturated carbocycles. The van der Waals surface area contributed by atoms with Gasteiger partial charge in [-0.25, -0.2) is 4.39 Å². The number of hydrogen-bond acceptors (Lipinski definition) is 2. The summed E-state index contributed by atoms with van der Waals surface area (Å²) in [6.45, 7) is 5.62. The summed E-state index contributed by atoms with van der Waals surface area (Å²) in [6, 6.07) is 0. The number of aliphatic hydroxyl groups is 1. The van der Waals surface area contributed by atoms with E-state index in [1.54, 1.807) is 0 Å². The number of nitrogens with zero attached hydrogens (tertiary/aromatic N) is 1. The summed E-state index contributed by atoms with van der Waals surface area (Å²) in [7, 11) is 0. The van der Waals surface area contributed by atoms with Gasteiger partial charge in [-0.3, -0.25) is 4.90 Å². The van der Waals surface area contributed by atoms with Crippen molar-refractivity contribution in [2.75, 3.05) is 19.7 Å². The summed E-state index contributed by atoms with van der Waals surface area (Å²) >= 11 is 0. The van der Waals surface area contributed by atoms with Crippen molar-refractivity contribution in [3.05, 3.63) is 11.1 Å². The fourth-order valence-corrected chi connectivity index (χ4v) is 2.69. The van der Waals surface area contributed by atoms with Gasteiger partial charge in [-0.15, -0.1) is 0 Å². The molecular weight excluding hydrogens is 181 g/mol. The summed E-state index contributed by atoms with van der Waals surface area (Å²) in [4.78, 5) is 2.11. The molecule has 2 unspecified atom stereocenters. The van der Waals surface area contributed by atoms with Crippen molar-refractivity contribution in [2.45, 2.75) is 38.4 Å². The lowest BCUT2D eigenvalue weighted by atomic mass is 9.92. The number of rotatable bonds is 1. The van der Waals surface area contributed by atoms with Gasteiger partial charge in [0, 0.05) is 19.5 Å². The van der Waals surface area contributed by atoms with Crippen molar-refractivity contribution in [1.29, 1.82) is 0 Å². The van der Waals surface area contributed by atoms with E-state index in [9.17, 15) is 9.50 Å². The second-order valence-electron chi connectivity index (χ2n) is 4.84. The number of allylic oxidation sites excluding steroid dienone is 1. The Balaban J connectivity index is 2.23. The molecule has 2 rings (SSSR count). The maximum atomic E-state index is 13.2. The number of alkyl halides is 1. The molecule has 0 aromatic rings. The van der Waals surface area contributed by atoms with E-state index >= 15 is 0 Å². The molecule has 1 N–H and O–H groups in total. The highest BCUT2D eigenvalue weighted by Gasteiger charge is 2.50. The number of fused-ring (bicyclic) bond motifs is 1. The monoisotopic (exact) mass is 199 g/mol. The van der Waals surface area contributed by atoms with Crippen LogP contribution in [0.4, 0.5) is 4.39 Å². The fraction of sp³-hybridized carbons (Fsp3) is 0.818. The molecule has 2 nitrogen and oxygen atoms in total. The SMILES string of the molecule is CC(C)=C1CN2CC(F)CC2(CO)C1. The summed E-state index contributed by atoms with van der Waals surface area (Å²) in [5, 5.41) is 9.41. The molecule has 2 aliphatic rings.